The highest BCUT2D eigenvalue weighted by Crippen LogP contribution is 2.49. The van der Waals surface area contributed by atoms with Crippen LogP contribution in [0, 0.1) is 11.8 Å². The molecule has 0 heterocycles. The van der Waals surface area contributed by atoms with E-state index in [0.29, 0.717) is 5.92 Å². The summed E-state index contributed by atoms with van der Waals surface area (Å²) in [5, 5.41) is 0.0705. The van der Waals surface area contributed by atoms with Gasteiger partial charge in [0.05, 0.1) is 32.5 Å². The smallest absolute Gasteiger partial charge is 0.304 e. The van der Waals surface area contributed by atoms with Crippen molar-refractivity contribution >= 4 is 31.0 Å². The van der Waals surface area contributed by atoms with Crippen molar-refractivity contribution in [1.29, 1.82) is 0 Å². The van der Waals surface area contributed by atoms with Crippen LogP contribution in [-0.4, -0.2) is 49.3 Å². The molecule has 0 radical (unpaired) electrons. The second-order valence-corrected chi connectivity index (χ2v) is 15.2. The van der Waals surface area contributed by atoms with Crippen molar-refractivity contribution in [2.75, 3.05) is 14.2 Å². The zero-order chi connectivity index (χ0) is 19.7. The fourth-order valence-corrected chi connectivity index (χ4v) is 5.97. The molecule has 3 rings (SSSR count). The molecule has 0 aromatic rings. The van der Waals surface area contributed by atoms with E-state index in [1.165, 1.54) is 14.2 Å². The topological polar surface area (TPSA) is 80.3 Å². The first-order chi connectivity index (χ1) is 12.0. The first kappa shape index (κ1) is 22.6. The van der Waals surface area contributed by atoms with E-state index in [1.807, 2.05) is 0 Å². The molecular weight excluding hydrogens is 396 g/mol. The molecule has 0 saturated heterocycles. The molecule has 3 aliphatic carbocycles. The van der Waals surface area contributed by atoms with Crippen LogP contribution in [0.5, 0.6) is 0 Å². The van der Waals surface area contributed by atoms with Gasteiger partial charge < -0.3 is 4.43 Å². The predicted octanol–water partition coefficient (Wildman–Crippen LogP) is 3.03. The minimum absolute atomic E-state index is 0.0705. The average Bonchev–Trinajstić information content (AvgIpc) is 2.52. The molecule has 0 amide bonds. The third kappa shape index (κ3) is 5.22. The maximum absolute atomic E-state index is 11.8. The van der Waals surface area contributed by atoms with Gasteiger partial charge in [0, 0.05) is 5.92 Å². The highest BCUT2D eigenvalue weighted by atomic mass is 32.2. The summed E-state index contributed by atoms with van der Waals surface area (Å²) in [5.41, 5.74) is 0. The average molecular weight is 429 g/mol. The van der Waals surface area contributed by atoms with Crippen molar-refractivity contribution in [1.82, 2.24) is 0 Å². The molecule has 5 unspecified atom stereocenters. The fourth-order valence-electron chi connectivity index (χ4n) is 3.63. The van der Waals surface area contributed by atoms with Crippen LogP contribution in [0.4, 0.5) is 0 Å². The van der Waals surface area contributed by atoms with Crippen molar-refractivity contribution in [3.63, 3.8) is 0 Å². The minimum Gasteiger partial charge on any atom is -0.413 e. The maximum Gasteiger partial charge on any atom is 0.304 e. The van der Waals surface area contributed by atoms with E-state index in [2.05, 4.69) is 33.9 Å². The van der Waals surface area contributed by atoms with Crippen molar-refractivity contribution in [3.05, 3.63) is 0 Å². The van der Waals surface area contributed by atoms with Gasteiger partial charge in [0.25, 0.3) is 0 Å². The summed E-state index contributed by atoms with van der Waals surface area (Å²) >= 11 is -3.64. The largest absolute Gasteiger partial charge is 0.413 e. The van der Waals surface area contributed by atoms with Gasteiger partial charge in [-0.05, 0) is 43.3 Å². The Morgan fingerprint density at radius 2 is 1.27 bits per heavy atom. The van der Waals surface area contributed by atoms with Crippen LogP contribution in [0.1, 0.15) is 40.0 Å². The van der Waals surface area contributed by atoms with E-state index in [9.17, 15) is 8.42 Å². The van der Waals surface area contributed by atoms with Crippen molar-refractivity contribution in [3.8, 4) is 0 Å². The van der Waals surface area contributed by atoms with E-state index >= 15 is 0 Å². The highest BCUT2D eigenvalue weighted by Gasteiger charge is 2.53. The number of hydrogen-bond acceptors (Lipinski definition) is 7. The number of hydrogen-bond donors (Lipinski definition) is 0. The van der Waals surface area contributed by atoms with Gasteiger partial charge in [-0.25, -0.2) is 0 Å². The maximum atomic E-state index is 11.8. The summed E-state index contributed by atoms with van der Waals surface area (Å²) < 4.78 is 51.1. The Morgan fingerprint density at radius 1 is 0.846 bits per heavy atom. The SMILES string of the molecule is COS(=O)OC1CC2CC(OS(=O)OC)C1C(O[Si](C)(C)C(C)(C)C)C2. The van der Waals surface area contributed by atoms with E-state index in [1.54, 1.807) is 0 Å². The van der Waals surface area contributed by atoms with E-state index in [0.717, 1.165) is 19.3 Å². The van der Waals surface area contributed by atoms with Crippen molar-refractivity contribution < 1.29 is 29.6 Å². The molecule has 26 heavy (non-hydrogen) atoms. The molecule has 154 valence electrons. The Morgan fingerprint density at radius 3 is 1.65 bits per heavy atom. The summed E-state index contributed by atoms with van der Waals surface area (Å²) in [5.74, 6) is 0.139. The summed E-state index contributed by atoms with van der Waals surface area (Å²) in [4.78, 5) is 0. The molecule has 0 spiro atoms. The van der Waals surface area contributed by atoms with Crippen LogP contribution < -0.4 is 0 Å². The Hall–Kier alpha value is 0.317. The lowest BCUT2D eigenvalue weighted by atomic mass is 9.66. The lowest BCUT2D eigenvalue weighted by Crippen LogP contribution is -2.58. The Balaban J connectivity index is 2.24. The summed E-state index contributed by atoms with van der Waals surface area (Å²) in [7, 11) is 0.673. The quantitative estimate of drug-likeness (QED) is 0.550. The van der Waals surface area contributed by atoms with Gasteiger partial charge in [-0.3, -0.25) is 16.7 Å². The third-order valence-electron chi connectivity index (χ3n) is 5.91. The lowest BCUT2D eigenvalue weighted by Gasteiger charge is -2.52. The molecule has 3 aliphatic rings. The van der Waals surface area contributed by atoms with E-state index in [-0.39, 0.29) is 29.3 Å². The first-order valence-corrected chi connectivity index (χ1v) is 13.8. The van der Waals surface area contributed by atoms with Crippen LogP contribution in [0.3, 0.4) is 0 Å². The van der Waals surface area contributed by atoms with Crippen molar-refractivity contribution in [2.45, 2.75) is 76.5 Å². The van der Waals surface area contributed by atoms with E-state index in [4.69, 9.17) is 21.2 Å². The van der Waals surface area contributed by atoms with Crippen LogP contribution in [0.2, 0.25) is 18.1 Å². The van der Waals surface area contributed by atoms with Gasteiger partial charge in [0.1, 0.15) is 0 Å². The molecule has 0 aromatic heterocycles. The van der Waals surface area contributed by atoms with Crippen molar-refractivity contribution in [2.24, 2.45) is 11.8 Å². The zero-order valence-electron chi connectivity index (χ0n) is 16.7. The normalized spacial score (nSPS) is 34.7. The molecule has 7 nitrogen and oxygen atoms in total. The molecule has 5 atom stereocenters. The van der Waals surface area contributed by atoms with Gasteiger partial charge in [0.2, 0.25) is 0 Å². The number of fused-ring (bicyclic) bond motifs is 3. The van der Waals surface area contributed by atoms with Crippen LogP contribution in [0.25, 0.3) is 0 Å². The zero-order valence-corrected chi connectivity index (χ0v) is 19.3. The summed E-state index contributed by atoms with van der Waals surface area (Å²) in [6, 6.07) is 0. The number of rotatable bonds is 8. The Bertz CT molecular complexity index is 509. The highest BCUT2D eigenvalue weighted by molar-refractivity contribution is 7.75. The Kier molecular flexibility index (Phi) is 7.62. The molecule has 0 aromatic carbocycles. The van der Waals surface area contributed by atoms with Crippen LogP contribution in [0.15, 0.2) is 0 Å². The minimum atomic E-state index is -2.01. The molecular formula is C16H32O7S2Si. The molecule has 3 saturated carbocycles. The molecule has 10 heteroatoms. The van der Waals surface area contributed by atoms with Gasteiger partial charge in [0.15, 0.2) is 8.32 Å². The second kappa shape index (κ2) is 8.77. The standard InChI is InChI=1S/C16H32O7S2Si/c1-16(2,3)26(6,7)23-14-10-11-8-12(21-24(17)19-4)15(14)13(9-11)22-25(18)20-5/h11-15H,8-10H2,1-7H3. The molecule has 0 N–H and O–H groups in total. The Labute approximate surface area is 163 Å². The second-order valence-electron chi connectivity index (χ2n) is 8.58. The third-order valence-corrected chi connectivity index (χ3v) is 11.8. The molecule has 2 bridgehead atoms. The van der Waals surface area contributed by atoms with Gasteiger partial charge in [-0.2, -0.15) is 8.42 Å². The fraction of sp³-hybridized carbons (Fsp3) is 1.00. The van der Waals surface area contributed by atoms with Gasteiger partial charge in [-0.1, -0.05) is 20.8 Å². The van der Waals surface area contributed by atoms with E-state index < -0.39 is 31.0 Å². The first-order valence-electron chi connectivity index (χ1n) is 8.93. The molecule has 3 fully saturated rings. The summed E-state index contributed by atoms with van der Waals surface area (Å²) in [6.45, 7) is 11.0. The van der Waals surface area contributed by atoms with Gasteiger partial charge >= 0.3 is 22.7 Å². The predicted molar refractivity (Wildman–Crippen MR) is 103 cm³/mol. The van der Waals surface area contributed by atoms with Crippen LogP contribution in [-0.2, 0) is 43.9 Å². The van der Waals surface area contributed by atoms with Crippen LogP contribution >= 0.6 is 0 Å². The summed E-state index contributed by atoms with van der Waals surface area (Å²) in [6.07, 6.45) is 1.73. The monoisotopic (exact) mass is 428 g/mol. The molecule has 0 aliphatic heterocycles. The lowest BCUT2D eigenvalue weighted by molar-refractivity contribution is -0.118. The van der Waals surface area contributed by atoms with Gasteiger partial charge in [-0.15, -0.1) is 0 Å².